The third-order valence-electron chi connectivity index (χ3n) is 18.8. The predicted octanol–water partition coefficient (Wildman–Crippen LogP) is 21.5. The van der Waals surface area contributed by atoms with Gasteiger partial charge >= 0.3 is 0 Å². The predicted molar refractivity (Wildman–Crippen MR) is 349 cm³/mol. The summed E-state index contributed by atoms with van der Waals surface area (Å²) in [5.41, 5.74) is 23.0. The number of hydrogen-bond acceptors (Lipinski definition) is 3. The Bertz CT molecular complexity index is 5100. The molecule has 14 aromatic carbocycles. The van der Waals surface area contributed by atoms with Gasteiger partial charge in [0.05, 0.1) is 10.8 Å². The monoisotopic (exact) mass is 1080 g/mol. The van der Waals surface area contributed by atoms with Gasteiger partial charge in [-0.15, -0.1) is 0 Å². The zero-order valence-corrected chi connectivity index (χ0v) is 46.2. The molecule has 0 radical (unpaired) electrons. The molecule has 3 heteroatoms. The SMILES string of the molecule is c1ccc(C2(c3ccccc3)c3ccccc3-c3ccc(N(c4ccc(-c5cccc6oc7ccccc7c56)cc4)c4cccc(-c5ccc6c(c5)C5(c7ccccc7-6)c6ccc7ccccc7c6Oc6c5ccc5ccccc65)c4)cc32)cc1. The smallest absolute Gasteiger partial charge is 0.140 e. The molecule has 3 nitrogen and oxygen atoms in total. The van der Waals surface area contributed by atoms with Gasteiger partial charge < -0.3 is 14.1 Å². The molecule has 2 aliphatic carbocycles. The molecule has 1 aliphatic heterocycles. The van der Waals surface area contributed by atoms with E-state index < -0.39 is 10.8 Å². The maximum Gasteiger partial charge on any atom is 0.140 e. The lowest BCUT2D eigenvalue weighted by atomic mass is 9.65. The normalized spacial score (nSPS) is 13.7. The first-order chi connectivity index (χ1) is 42.1. The Hall–Kier alpha value is -11.0. The van der Waals surface area contributed by atoms with Gasteiger partial charge in [-0.1, -0.05) is 255 Å². The van der Waals surface area contributed by atoms with E-state index in [9.17, 15) is 0 Å². The van der Waals surface area contributed by atoms with Crippen molar-refractivity contribution >= 4 is 60.5 Å². The summed E-state index contributed by atoms with van der Waals surface area (Å²) < 4.78 is 13.7. The summed E-state index contributed by atoms with van der Waals surface area (Å²) in [4.78, 5) is 2.46. The highest BCUT2D eigenvalue weighted by atomic mass is 16.5. The highest BCUT2D eigenvalue weighted by Gasteiger charge is 2.52. The minimum absolute atomic E-state index is 0.578. The van der Waals surface area contributed by atoms with Crippen molar-refractivity contribution in [3.8, 4) is 56.0 Å². The van der Waals surface area contributed by atoms with Gasteiger partial charge in [0.2, 0.25) is 0 Å². The molecule has 0 N–H and O–H groups in total. The van der Waals surface area contributed by atoms with E-state index in [1.165, 1.54) is 55.6 Å². The van der Waals surface area contributed by atoms with Crippen LogP contribution in [0, 0.1) is 0 Å². The van der Waals surface area contributed by atoms with Crippen molar-refractivity contribution in [2.45, 2.75) is 10.8 Å². The first-order valence-electron chi connectivity index (χ1n) is 29.4. The van der Waals surface area contributed by atoms with Gasteiger partial charge in [0.15, 0.2) is 0 Å². The number of furan rings is 1. The van der Waals surface area contributed by atoms with E-state index >= 15 is 0 Å². The van der Waals surface area contributed by atoms with Crippen LogP contribution in [0.3, 0.4) is 0 Å². The molecule has 0 saturated heterocycles. The highest BCUT2D eigenvalue weighted by molar-refractivity contribution is 6.12. The van der Waals surface area contributed by atoms with Gasteiger partial charge in [0, 0.05) is 49.7 Å². The van der Waals surface area contributed by atoms with E-state index in [0.717, 1.165) is 105 Å². The molecule has 85 heavy (non-hydrogen) atoms. The fraction of sp³-hybridized carbons (Fsp3) is 0.0244. The minimum Gasteiger partial charge on any atom is -0.456 e. The molecule has 0 saturated carbocycles. The Labute approximate surface area is 492 Å². The molecular weight excluding hydrogens is 1030 g/mol. The number of ether oxygens (including phenoxy) is 1. The molecule has 1 spiro atoms. The van der Waals surface area contributed by atoms with Crippen LogP contribution < -0.4 is 9.64 Å². The molecular formula is C82H51NO2. The second kappa shape index (κ2) is 18.2. The van der Waals surface area contributed by atoms with Crippen molar-refractivity contribution < 1.29 is 9.15 Å². The fourth-order valence-electron chi connectivity index (χ4n) is 15.2. The minimum atomic E-state index is -0.677. The topological polar surface area (TPSA) is 25.6 Å². The third-order valence-corrected chi connectivity index (χ3v) is 18.8. The molecule has 0 unspecified atom stereocenters. The fourth-order valence-corrected chi connectivity index (χ4v) is 15.2. The van der Waals surface area contributed by atoms with Crippen LogP contribution in [0.4, 0.5) is 17.1 Å². The molecule has 2 heterocycles. The summed E-state index contributed by atoms with van der Waals surface area (Å²) in [5.74, 6) is 1.82. The third kappa shape index (κ3) is 6.72. The summed E-state index contributed by atoms with van der Waals surface area (Å²) in [5, 5.41) is 6.75. The van der Waals surface area contributed by atoms with Gasteiger partial charge in [-0.2, -0.15) is 0 Å². The number of anilines is 3. The molecule has 1 aromatic heterocycles. The zero-order valence-electron chi connectivity index (χ0n) is 46.2. The number of fused-ring (bicyclic) bond motifs is 19. The molecule has 0 bridgehead atoms. The van der Waals surface area contributed by atoms with E-state index in [-0.39, 0.29) is 0 Å². The van der Waals surface area contributed by atoms with Crippen molar-refractivity contribution in [1.29, 1.82) is 0 Å². The van der Waals surface area contributed by atoms with Crippen LogP contribution in [0.2, 0.25) is 0 Å². The van der Waals surface area contributed by atoms with Crippen LogP contribution >= 0.6 is 0 Å². The molecule has 15 aromatic rings. The lowest BCUT2D eigenvalue weighted by Crippen LogP contribution is -2.32. The number of hydrogen-bond donors (Lipinski definition) is 0. The van der Waals surface area contributed by atoms with Crippen LogP contribution in [-0.4, -0.2) is 0 Å². The number of nitrogens with zero attached hydrogens (tertiary/aromatic N) is 1. The van der Waals surface area contributed by atoms with Gasteiger partial charge in [0.1, 0.15) is 22.7 Å². The lowest BCUT2D eigenvalue weighted by molar-refractivity contribution is 0.447. The summed E-state index contributed by atoms with van der Waals surface area (Å²) in [7, 11) is 0. The van der Waals surface area contributed by atoms with Crippen LogP contribution in [0.15, 0.2) is 314 Å². The van der Waals surface area contributed by atoms with Crippen LogP contribution in [0.1, 0.15) is 44.5 Å². The highest BCUT2D eigenvalue weighted by Crippen LogP contribution is 2.65. The number of para-hydroxylation sites is 1. The van der Waals surface area contributed by atoms with E-state index in [4.69, 9.17) is 9.15 Å². The van der Waals surface area contributed by atoms with Gasteiger partial charge in [-0.05, 0) is 143 Å². The molecule has 0 atom stereocenters. The van der Waals surface area contributed by atoms with Gasteiger partial charge in [0.25, 0.3) is 0 Å². The standard InChI is InChI=1S/C82H51NO2/c1-3-22-57(23-4-1)81(58-24-5-2-6-25-58)70-33-14-11-29-65(70)68-46-44-61(51-75(68)81)83(59-42-37-54(38-43-59)62-32-18-36-77-78(62)69-31-13-16-35-76(69)84-77)60-26-17-21-55(49-60)56-39-45-67-66-30-12-15-34-71(66)82(74(67)50-56)72-47-40-52-19-7-9-27-63(52)79(72)85-80-64-28-10-8-20-53(64)41-48-73(80)82/h1-51H. The van der Waals surface area contributed by atoms with Crippen LogP contribution in [0.25, 0.3) is 88.0 Å². The maximum atomic E-state index is 7.33. The number of benzene rings is 14. The van der Waals surface area contributed by atoms with Crippen LogP contribution in [-0.2, 0) is 10.8 Å². The van der Waals surface area contributed by atoms with Crippen molar-refractivity contribution in [3.63, 3.8) is 0 Å². The lowest BCUT2D eigenvalue weighted by Gasteiger charge is -2.40. The Morgan fingerprint density at radius 2 is 0.741 bits per heavy atom. The van der Waals surface area contributed by atoms with E-state index in [0.29, 0.717) is 0 Å². The Kier molecular flexibility index (Phi) is 10.2. The average Bonchev–Trinajstić information content (AvgIpc) is 2.06. The summed E-state index contributed by atoms with van der Waals surface area (Å²) >= 11 is 0. The van der Waals surface area contributed by atoms with Crippen molar-refractivity contribution in [2.75, 3.05) is 4.90 Å². The van der Waals surface area contributed by atoms with Crippen molar-refractivity contribution in [1.82, 2.24) is 0 Å². The molecule has 18 rings (SSSR count). The van der Waals surface area contributed by atoms with Gasteiger partial charge in [-0.25, -0.2) is 0 Å². The van der Waals surface area contributed by atoms with E-state index in [1.807, 2.05) is 6.07 Å². The quantitative estimate of drug-likeness (QED) is 0.159. The summed E-state index contributed by atoms with van der Waals surface area (Å²) in [6.45, 7) is 0. The Morgan fingerprint density at radius 1 is 0.259 bits per heavy atom. The Balaban J connectivity index is 0.849. The number of rotatable bonds is 7. The first-order valence-corrected chi connectivity index (χ1v) is 29.4. The zero-order chi connectivity index (χ0) is 55.8. The van der Waals surface area contributed by atoms with Gasteiger partial charge in [-0.3, -0.25) is 0 Å². The molecule has 396 valence electrons. The average molecular weight is 1080 g/mol. The Morgan fingerprint density at radius 3 is 1.42 bits per heavy atom. The first kappa shape index (κ1) is 47.6. The summed E-state index contributed by atoms with van der Waals surface area (Å²) in [6.07, 6.45) is 0. The van der Waals surface area contributed by atoms with Crippen molar-refractivity contribution in [2.24, 2.45) is 0 Å². The second-order valence-electron chi connectivity index (χ2n) is 23.0. The maximum absolute atomic E-state index is 7.33. The molecule has 0 amide bonds. The van der Waals surface area contributed by atoms with E-state index in [1.54, 1.807) is 0 Å². The van der Waals surface area contributed by atoms with Crippen LogP contribution in [0.5, 0.6) is 11.5 Å². The molecule has 0 fully saturated rings. The van der Waals surface area contributed by atoms with E-state index in [2.05, 4.69) is 308 Å². The molecule has 3 aliphatic rings. The second-order valence-corrected chi connectivity index (χ2v) is 23.0. The summed E-state index contributed by atoms with van der Waals surface area (Å²) in [6, 6.07) is 114. The largest absolute Gasteiger partial charge is 0.456 e. The van der Waals surface area contributed by atoms with Crippen molar-refractivity contribution in [3.05, 3.63) is 354 Å².